The molecular formula is C24H24N2O4S. The van der Waals surface area contributed by atoms with Gasteiger partial charge in [0.15, 0.2) is 6.10 Å². The smallest absolute Gasteiger partial charge is 0.329 e. The molecule has 0 saturated carbocycles. The Balaban J connectivity index is 1.65. The van der Waals surface area contributed by atoms with Crippen molar-refractivity contribution in [1.82, 2.24) is 4.98 Å². The van der Waals surface area contributed by atoms with Crippen molar-refractivity contribution >= 4 is 28.9 Å². The summed E-state index contributed by atoms with van der Waals surface area (Å²) in [6, 6.07) is 14.4. The molecule has 160 valence electrons. The Bertz CT molecular complexity index is 1100. The number of esters is 1. The van der Waals surface area contributed by atoms with Crippen LogP contribution in [0.25, 0.3) is 11.3 Å². The van der Waals surface area contributed by atoms with Gasteiger partial charge in [-0.25, -0.2) is 9.78 Å². The van der Waals surface area contributed by atoms with E-state index in [1.165, 1.54) is 4.90 Å². The highest BCUT2D eigenvalue weighted by atomic mass is 32.1. The predicted molar refractivity (Wildman–Crippen MR) is 120 cm³/mol. The van der Waals surface area contributed by atoms with Crippen LogP contribution in [0.2, 0.25) is 0 Å². The van der Waals surface area contributed by atoms with Crippen LogP contribution in [-0.4, -0.2) is 29.0 Å². The minimum atomic E-state index is -0.742. The molecule has 31 heavy (non-hydrogen) atoms. The number of rotatable bonds is 6. The minimum absolute atomic E-state index is 0.162. The fourth-order valence-corrected chi connectivity index (χ4v) is 4.24. The molecule has 0 N–H and O–H groups in total. The normalized spacial score (nSPS) is 16.4. The molecule has 0 aliphatic carbocycles. The fourth-order valence-electron chi connectivity index (χ4n) is 3.62. The molecule has 1 aromatic heterocycles. The summed E-state index contributed by atoms with van der Waals surface area (Å²) in [4.78, 5) is 32.2. The van der Waals surface area contributed by atoms with Crippen molar-refractivity contribution in [2.45, 2.75) is 45.9 Å². The monoisotopic (exact) mass is 436 g/mol. The molecule has 2 atom stereocenters. The number of ether oxygens (including phenoxy) is 2. The van der Waals surface area contributed by atoms with Crippen molar-refractivity contribution in [3.8, 4) is 17.0 Å². The molecule has 0 spiro atoms. The Kier molecular flexibility index (Phi) is 6.04. The number of hydrogen-bond acceptors (Lipinski definition) is 6. The predicted octanol–water partition coefficient (Wildman–Crippen LogP) is 4.75. The van der Waals surface area contributed by atoms with E-state index in [2.05, 4.69) is 4.98 Å². The molecule has 2 unspecified atom stereocenters. The zero-order valence-corrected chi connectivity index (χ0v) is 18.5. The lowest BCUT2D eigenvalue weighted by Crippen LogP contribution is -2.52. The van der Waals surface area contributed by atoms with Crippen molar-refractivity contribution < 1.29 is 19.1 Å². The van der Waals surface area contributed by atoms with Crippen molar-refractivity contribution in [2.24, 2.45) is 0 Å². The van der Waals surface area contributed by atoms with Crippen LogP contribution in [-0.2, 0) is 20.9 Å². The molecule has 0 fully saturated rings. The van der Waals surface area contributed by atoms with Gasteiger partial charge in [-0.1, -0.05) is 37.3 Å². The van der Waals surface area contributed by atoms with Crippen LogP contribution in [0.1, 0.15) is 30.8 Å². The zero-order chi connectivity index (χ0) is 22.0. The van der Waals surface area contributed by atoms with E-state index in [0.717, 1.165) is 21.8 Å². The lowest BCUT2D eigenvalue weighted by molar-refractivity contribution is -0.148. The maximum Gasteiger partial charge on any atom is 0.329 e. The number of nitrogens with zero attached hydrogens (tertiary/aromatic N) is 2. The summed E-state index contributed by atoms with van der Waals surface area (Å²) in [5.74, 6) is -0.130. The number of aromatic nitrogens is 1. The molecule has 1 aliphatic heterocycles. The molecule has 0 bridgehead atoms. The van der Waals surface area contributed by atoms with E-state index in [1.54, 1.807) is 18.3 Å². The number of anilines is 1. The summed E-state index contributed by atoms with van der Waals surface area (Å²) in [5.41, 5.74) is 3.16. The van der Waals surface area contributed by atoms with Gasteiger partial charge in [0.25, 0.3) is 5.91 Å². The second-order valence-corrected chi connectivity index (χ2v) is 8.48. The van der Waals surface area contributed by atoms with E-state index in [1.807, 2.05) is 67.8 Å². The lowest BCUT2D eigenvalue weighted by atomic mass is 10.0. The Morgan fingerprint density at radius 1 is 1.26 bits per heavy atom. The summed E-state index contributed by atoms with van der Waals surface area (Å²) in [5, 5.41) is 2.93. The highest BCUT2D eigenvalue weighted by molar-refractivity contribution is 7.09. The molecular weight excluding hydrogens is 412 g/mol. The molecule has 0 saturated heterocycles. The largest absolute Gasteiger partial charge is 0.479 e. The number of benzene rings is 2. The average Bonchev–Trinajstić information content (AvgIpc) is 3.22. The van der Waals surface area contributed by atoms with Crippen LogP contribution >= 0.6 is 11.3 Å². The van der Waals surface area contributed by atoms with E-state index >= 15 is 0 Å². The number of thiazole rings is 1. The Hall–Kier alpha value is -3.19. The third-order valence-corrected chi connectivity index (χ3v) is 5.99. The molecule has 2 aromatic carbocycles. The second kappa shape index (κ2) is 8.89. The van der Waals surface area contributed by atoms with Crippen LogP contribution in [0.4, 0.5) is 5.69 Å². The van der Waals surface area contributed by atoms with Gasteiger partial charge in [0, 0.05) is 10.9 Å². The van der Waals surface area contributed by atoms with Gasteiger partial charge in [-0.2, -0.15) is 0 Å². The number of fused-ring (bicyclic) bond motifs is 1. The number of carbonyl (C=O) groups is 2. The third-order valence-electron chi connectivity index (χ3n) is 5.22. The van der Waals surface area contributed by atoms with Crippen LogP contribution in [0.15, 0.2) is 53.9 Å². The van der Waals surface area contributed by atoms with Crippen molar-refractivity contribution in [3.05, 3.63) is 64.5 Å². The number of hydrogen-bond donors (Lipinski definition) is 0. The Morgan fingerprint density at radius 3 is 2.71 bits per heavy atom. The fraction of sp³-hybridized carbons (Fsp3) is 0.292. The molecule has 7 heteroatoms. The first-order valence-electron chi connectivity index (χ1n) is 10.2. The van der Waals surface area contributed by atoms with Gasteiger partial charge in [-0.3, -0.25) is 9.69 Å². The van der Waals surface area contributed by atoms with Gasteiger partial charge in [-0.05, 0) is 44.0 Å². The first-order valence-corrected chi connectivity index (χ1v) is 11.1. The maximum absolute atomic E-state index is 13.1. The second-order valence-electron chi connectivity index (χ2n) is 7.42. The van der Waals surface area contributed by atoms with Gasteiger partial charge in [0.2, 0.25) is 0 Å². The average molecular weight is 437 g/mol. The summed E-state index contributed by atoms with van der Waals surface area (Å²) in [6.45, 7) is 5.67. The SMILES string of the molecule is CCC(C(=O)OCc1ccccc1)N1C(=O)C(C)Oc2ccc(-c3csc(C)n3)cc21. The van der Waals surface area contributed by atoms with Crippen LogP contribution in [0.3, 0.4) is 0 Å². The van der Waals surface area contributed by atoms with Crippen molar-refractivity contribution in [1.29, 1.82) is 0 Å². The standard InChI is InChI=1S/C24H24N2O4S/c1-4-20(24(28)29-13-17-8-6-5-7-9-17)26-21-12-18(19-14-31-16(3)25-19)10-11-22(21)30-15(2)23(26)27/h5-12,14-15,20H,4,13H2,1-3H3. The topological polar surface area (TPSA) is 68.7 Å². The van der Waals surface area contributed by atoms with E-state index in [9.17, 15) is 9.59 Å². The summed E-state index contributed by atoms with van der Waals surface area (Å²) >= 11 is 1.56. The van der Waals surface area contributed by atoms with Crippen LogP contribution < -0.4 is 9.64 Å². The van der Waals surface area contributed by atoms with Crippen molar-refractivity contribution in [2.75, 3.05) is 4.90 Å². The van der Waals surface area contributed by atoms with Crippen LogP contribution in [0.5, 0.6) is 5.75 Å². The van der Waals surface area contributed by atoms with E-state index in [0.29, 0.717) is 17.9 Å². The molecule has 0 radical (unpaired) electrons. The van der Waals surface area contributed by atoms with Crippen LogP contribution in [0, 0.1) is 6.92 Å². The molecule has 2 heterocycles. The van der Waals surface area contributed by atoms with Gasteiger partial charge in [0.1, 0.15) is 18.4 Å². The van der Waals surface area contributed by atoms with E-state index in [4.69, 9.17) is 9.47 Å². The highest BCUT2D eigenvalue weighted by Gasteiger charge is 2.39. The van der Waals surface area contributed by atoms with Gasteiger partial charge in [-0.15, -0.1) is 11.3 Å². The number of amides is 1. The Morgan fingerprint density at radius 2 is 2.03 bits per heavy atom. The summed E-state index contributed by atoms with van der Waals surface area (Å²) in [6.07, 6.45) is -0.262. The maximum atomic E-state index is 13.1. The molecule has 1 aliphatic rings. The molecule has 6 nitrogen and oxygen atoms in total. The first kappa shape index (κ1) is 21.1. The zero-order valence-electron chi connectivity index (χ0n) is 17.7. The summed E-state index contributed by atoms with van der Waals surface area (Å²) < 4.78 is 11.4. The van der Waals surface area contributed by atoms with E-state index < -0.39 is 18.1 Å². The molecule has 4 rings (SSSR count). The minimum Gasteiger partial charge on any atom is -0.479 e. The summed E-state index contributed by atoms with van der Waals surface area (Å²) in [7, 11) is 0. The molecule has 3 aromatic rings. The van der Waals surface area contributed by atoms with E-state index in [-0.39, 0.29) is 12.5 Å². The first-order chi connectivity index (χ1) is 15.0. The highest BCUT2D eigenvalue weighted by Crippen LogP contribution is 2.39. The van der Waals surface area contributed by atoms with Gasteiger partial charge >= 0.3 is 5.97 Å². The van der Waals surface area contributed by atoms with Gasteiger partial charge < -0.3 is 9.47 Å². The lowest BCUT2D eigenvalue weighted by Gasteiger charge is -2.37. The molecule has 1 amide bonds. The quantitative estimate of drug-likeness (QED) is 0.522. The van der Waals surface area contributed by atoms with Gasteiger partial charge in [0.05, 0.1) is 16.4 Å². The Labute approximate surface area is 185 Å². The number of carbonyl (C=O) groups excluding carboxylic acids is 2. The van der Waals surface area contributed by atoms with Crippen molar-refractivity contribution in [3.63, 3.8) is 0 Å². The number of aryl methyl sites for hydroxylation is 1. The third kappa shape index (κ3) is 4.32.